The maximum Gasteiger partial charge on any atom is 0.274 e. The molecule has 0 aromatic carbocycles. The molecule has 1 N–H and O–H groups in total. The van der Waals surface area contributed by atoms with Crippen LogP contribution in [0.4, 0.5) is 5.82 Å². The Morgan fingerprint density at radius 1 is 1.27 bits per heavy atom. The molecule has 2 amide bonds. The van der Waals surface area contributed by atoms with Crippen molar-refractivity contribution in [3.8, 4) is 0 Å². The molecule has 0 bridgehead atoms. The van der Waals surface area contributed by atoms with Gasteiger partial charge in [-0.3, -0.25) is 9.59 Å². The first kappa shape index (κ1) is 16.2. The molecule has 0 atom stereocenters. The van der Waals surface area contributed by atoms with Crippen LogP contribution < -0.4 is 5.32 Å². The van der Waals surface area contributed by atoms with Crippen LogP contribution in [-0.4, -0.2) is 90.6 Å². The first-order chi connectivity index (χ1) is 10.6. The van der Waals surface area contributed by atoms with Crippen molar-refractivity contribution >= 4 is 18.1 Å². The fourth-order valence-electron chi connectivity index (χ4n) is 2.14. The third-order valence-electron chi connectivity index (χ3n) is 3.50. The Balaban J connectivity index is 1.87. The number of amides is 2. The lowest BCUT2D eigenvalue weighted by Crippen LogP contribution is -2.48. The second kappa shape index (κ2) is 7.69. The number of piperazine rings is 1. The van der Waals surface area contributed by atoms with Crippen molar-refractivity contribution in [3.63, 3.8) is 0 Å². The predicted octanol–water partition coefficient (Wildman–Crippen LogP) is -0.636. The number of aromatic nitrogens is 2. The number of carbonyl (C=O) groups is 2. The molecule has 0 aliphatic carbocycles. The second-order valence-electron chi connectivity index (χ2n) is 5.47. The largest absolute Gasteiger partial charge is 0.367 e. The third-order valence-corrected chi connectivity index (χ3v) is 3.50. The van der Waals surface area contributed by atoms with Crippen LogP contribution >= 0.6 is 0 Å². The smallest absolute Gasteiger partial charge is 0.274 e. The zero-order valence-electron chi connectivity index (χ0n) is 13.0. The van der Waals surface area contributed by atoms with E-state index in [0.717, 1.165) is 19.5 Å². The minimum Gasteiger partial charge on any atom is -0.367 e. The van der Waals surface area contributed by atoms with Crippen molar-refractivity contribution in [2.75, 3.05) is 58.7 Å². The van der Waals surface area contributed by atoms with Crippen LogP contribution in [0.3, 0.4) is 0 Å². The number of likely N-dealkylation sites (N-methyl/N-ethyl adjacent to an activating group) is 1. The van der Waals surface area contributed by atoms with Crippen LogP contribution in [0.5, 0.6) is 0 Å². The van der Waals surface area contributed by atoms with Crippen molar-refractivity contribution in [1.82, 2.24) is 24.9 Å². The van der Waals surface area contributed by atoms with Crippen LogP contribution in [0.25, 0.3) is 0 Å². The van der Waals surface area contributed by atoms with E-state index in [2.05, 4.69) is 20.4 Å². The summed E-state index contributed by atoms with van der Waals surface area (Å²) in [7, 11) is 4.00. The molecule has 8 nitrogen and oxygen atoms in total. The minimum absolute atomic E-state index is 0.141. The number of carbonyl (C=O) groups excluding carboxylic acids is 2. The van der Waals surface area contributed by atoms with Crippen LogP contribution in [0.15, 0.2) is 12.1 Å². The van der Waals surface area contributed by atoms with Crippen molar-refractivity contribution in [2.45, 2.75) is 0 Å². The van der Waals surface area contributed by atoms with E-state index in [1.54, 1.807) is 21.9 Å². The summed E-state index contributed by atoms with van der Waals surface area (Å²) in [5.74, 6) is 0.516. The van der Waals surface area contributed by atoms with Gasteiger partial charge < -0.3 is 20.0 Å². The van der Waals surface area contributed by atoms with Gasteiger partial charge in [-0.15, -0.1) is 10.2 Å². The molecule has 1 aromatic heterocycles. The highest BCUT2D eigenvalue weighted by Gasteiger charge is 2.22. The summed E-state index contributed by atoms with van der Waals surface area (Å²) < 4.78 is 0. The number of anilines is 1. The number of nitrogens with zero attached hydrogens (tertiary/aromatic N) is 5. The highest BCUT2D eigenvalue weighted by molar-refractivity contribution is 5.92. The quantitative estimate of drug-likeness (QED) is 0.704. The average molecular weight is 306 g/mol. The van der Waals surface area contributed by atoms with Gasteiger partial charge in [0.2, 0.25) is 6.41 Å². The van der Waals surface area contributed by atoms with Crippen LogP contribution in [0.2, 0.25) is 0 Å². The SMILES string of the molecule is CN(C)CCNc1ccc(C(=O)N2CCN(C=O)CC2)nn1. The van der Waals surface area contributed by atoms with E-state index in [1.165, 1.54) is 0 Å². The molecule has 1 aromatic rings. The molecule has 0 saturated carbocycles. The van der Waals surface area contributed by atoms with Gasteiger partial charge in [0.15, 0.2) is 5.69 Å². The molecule has 0 unspecified atom stereocenters. The zero-order valence-corrected chi connectivity index (χ0v) is 13.0. The van der Waals surface area contributed by atoms with Crippen molar-refractivity contribution in [3.05, 3.63) is 17.8 Å². The second-order valence-corrected chi connectivity index (χ2v) is 5.47. The summed E-state index contributed by atoms with van der Waals surface area (Å²) in [4.78, 5) is 28.4. The third kappa shape index (κ3) is 4.39. The van der Waals surface area contributed by atoms with Gasteiger partial charge in [-0.25, -0.2) is 0 Å². The summed E-state index contributed by atoms with van der Waals surface area (Å²) >= 11 is 0. The van der Waals surface area contributed by atoms with Crippen molar-refractivity contribution in [2.24, 2.45) is 0 Å². The molecule has 2 heterocycles. The van der Waals surface area contributed by atoms with Gasteiger partial charge in [0.05, 0.1) is 0 Å². The predicted molar refractivity (Wildman–Crippen MR) is 82.6 cm³/mol. The molecule has 8 heteroatoms. The molecule has 2 rings (SSSR count). The Bertz CT molecular complexity index is 497. The maximum atomic E-state index is 12.3. The van der Waals surface area contributed by atoms with Crippen LogP contribution in [-0.2, 0) is 4.79 Å². The van der Waals surface area contributed by atoms with Crippen LogP contribution in [0.1, 0.15) is 10.5 Å². The normalized spacial score (nSPS) is 15.0. The molecule has 0 radical (unpaired) electrons. The van der Waals surface area contributed by atoms with E-state index >= 15 is 0 Å². The first-order valence-electron chi connectivity index (χ1n) is 7.31. The summed E-state index contributed by atoms with van der Waals surface area (Å²) in [6.45, 7) is 3.84. The van der Waals surface area contributed by atoms with Crippen LogP contribution in [0, 0.1) is 0 Å². The molecule has 1 saturated heterocycles. The Kier molecular flexibility index (Phi) is 5.65. The standard InChI is InChI=1S/C14H22N6O2/c1-18(2)6-5-15-13-4-3-12(16-17-13)14(22)20-9-7-19(11-21)8-10-20/h3-4,11H,5-10H2,1-2H3,(H,15,17). The summed E-state index contributed by atoms with van der Waals surface area (Å²) in [6.07, 6.45) is 0.815. The van der Waals surface area contributed by atoms with Gasteiger partial charge in [-0.2, -0.15) is 0 Å². The molecular formula is C14H22N6O2. The Morgan fingerprint density at radius 2 is 2.00 bits per heavy atom. The summed E-state index contributed by atoms with van der Waals surface area (Å²) in [5.41, 5.74) is 0.331. The number of hydrogen-bond donors (Lipinski definition) is 1. The number of hydrogen-bond acceptors (Lipinski definition) is 6. The molecule has 22 heavy (non-hydrogen) atoms. The van der Waals surface area contributed by atoms with E-state index in [-0.39, 0.29) is 5.91 Å². The van der Waals surface area contributed by atoms with Gasteiger partial charge >= 0.3 is 0 Å². The van der Waals surface area contributed by atoms with Gasteiger partial charge in [0, 0.05) is 39.3 Å². The van der Waals surface area contributed by atoms with E-state index in [9.17, 15) is 9.59 Å². The fourth-order valence-corrected chi connectivity index (χ4v) is 2.14. The molecule has 1 aliphatic rings. The van der Waals surface area contributed by atoms with Gasteiger partial charge in [-0.1, -0.05) is 0 Å². The Morgan fingerprint density at radius 3 is 2.55 bits per heavy atom. The fraction of sp³-hybridized carbons (Fsp3) is 0.571. The van der Waals surface area contributed by atoms with E-state index in [0.29, 0.717) is 37.7 Å². The molecule has 1 fully saturated rings. The highest BCUT2D eigenvalue weighted by atomic mass is 16.2. The number of nitrogens with one attached hydrogen (secondary N) is 1. The minimum atomic E-state index is -0.141. The van der Waals surface area contributed by atoms with Gasteiger partial charge in [-0.05, 0) is 26.2 Å². The first-order valence-corrected chi connectivity index (χ1v) is 7.31. The Hall–Kier alpha value is -2.22. The molecule has 0 spiro atoms. The van der Waals surface area contributed by atoms with E-state index < -0.39 is 0 Å². The van der Waals surface area contributed by atoms with Crippen molar-refractivity contribution in [1.29, 1.82) is 0 Å². The molecule has 1 aliphatic heterocycles. The average Bonchev–Trinajstić information content (AvgIpc) is 2.54. The summed E-state index contributed by atoms with van der Waals surface area (Å²) in [5, 5.41) is 11.2. The lowest BCUT2D eigenvalue weighted by molar-refractivity contribution is -0.119. The number of rotatable bonds is 6. The lowest BCUT2D eigenvalue weighted by atomic mass is 10.2. The Labute approximate surface area is 130 Å². The zero-order chi connectivity index (χ0) is 15.9. The lowest BCUT2D eigenvalue weighted by Gasteiger charge is -2.32. The van der Waals surface area contributed by atoms with E-state index in [4.69, 9.17) is 0 Å². The van der Waals surface area contributed by atoms with Gasteiger partial charge in [0.1, 0.15) is 5.82 Å². The van der Waals surface area contributed by atoms with Gasteiger partial charge in [0.25, 0.3) is 5.91 Å². The van der Waals surface area contributed by atoms with E-state index in [1.807, 2.05) is 14.1 Å². The summed E-state index contributed by atoms with van der Waals surface area (Å²) in [6, 6.07) is 3.44. The van der Waals surface area contributed by atoms with Crippen molar-refractivity contribution < 1.29 is 9.59 Å². The topological polar surface area (TPSA) is 81.7 Å². The molecular weight excluding hydrogens is 284 g/mol. The monoisotopic (exact) mass is 306 g/mol. The molecule has 120 valence electrons. The highest BCUT2D eigenvalue weighted by Crippen LogP contribution is 2.07. The maximum absolute atomic E-state index is 12.3.